The lowest BCUT2D eigenvalue weighted by Gasteiger charge is -2.05. The van der Waals surface area contributed by atoms with Crippen molar-refractivity contribution in [3.8, 4) is 23.7 Å². The van der Waals surface area contributed by atoms with E-state index in [0.29, 0.717) is 12.0 Å². The number of hydrogen-bond acceptors (Lipinski definition) is 0. The second kappa shape index (κ2) is 8.96. The van der Waals surface area contributed by atoms with E-state index in [9.17, 15) is 26.3 Å². The molecule has 0 N–H and O–H groups in total. The lowest BCUT2D eigenvalue weighted by molar-refractivity contribution is -0.0696. The highest BCUT2D eigenvalue weighted by atomic mass is 35.5. The fourth-order valence-corrected chi connectivity index (χ4v) is 3.25. The van der Waals surface area contributed by atoms with Crippen molar-refractivity contribution in [2.24, 2.45) is 0 Å². The highest BCUT2D eigenvalue weighted by Gasteiger charge is 2.24. The molecule has 0 aliphatic rings. The molecule has 0 unspecified atom stereocenters. The average Bonchev–Trinajstić information content (AvgIpc) is 2.66. The first-order chi connectivity index (χ1) is 14.6. The van der Waals surface area contributed by atoms with Gasteiger partial charge in [0.15, 0.2) is 0 Å². The van der Waals surface area contributed by atoms with E-state index < -0.39 is 29.2 Å². The third kappa shape index (κ3) is 5.34. The Bertz CT molecular complexity index is 1260. The molecule has 158 valence electrons. The molecule has 31 heavy (non-hydrogen) atoms. The Morgan fingerprint density at radius 2 is 1.58 bits per heavy atom. The Morgan fingerprint density at radius 3 is 2.23 bits per heavy atom. The maximum absolute atomic E-state index is 14.5. The number of hydrogen-bond donors (Lipinski definition) is 0. The van der Waals surface area contributed by atoms with Crippen molar-refractivity contribution >= 4 is 22.4 Å². The molecule has 7 heteroatoms. The summed E-state index contributed by atoms with van der Waals surface area (Å²) >= 11 is 6.12. The van der Waals surface area contributed by atoms with Crippen LogP contribution in [-0.4, -0.2) is 6.18 Å². The minimum Gasteiger partial charge on any atom is -0.206 e. The molecule has 3 rings (SSSR count). The fraction of sp³-hybridized carbons (Fsp3) is 0.167. The topological polar surface area (TPSA) is 0 Å². The van der Waals surface area contributed by atoms with Crippen LogP contribution in [0.1, 0.15) is 35.6 Å². The van der Waals surface area contributed by atoms with Gasteiger partial charge in [-0.1, -0.05) is 48.8 Å². The Morgan fingerprint density at radius 1 is 0.871 bits per heavy atom. The molecule has 0 aliphatic carbocycles. The van der Waals surface area contributed by atoms with Crippen LogP contribution in [0.25, 0.3) is 10.8 Å². The zero-order valence-electron chi connectivity index (χ0n) is 16.0. The van der Waals surface area contributed by atoms with E-state index >= 15 is 0 Å². The van der Waals surface area contributed by atoms with E-state index in [1.54, 1.807) is 6.07 Å². The molecule has 0 nitrogen and oxygen atoms in total. The van der Waals surface area contributed by atoms with Crippen molar-refractivity contribution in [2.45, 2.75) is 25.9 Å². The second-order valence-electron chi connectivity index (χ2n) is 6.67. The summed E-state index contributed by atoms with van der Waals surface area (Å²) in [6, 6.07) is 7.83. The molecule has 0 bridgehead atoms. The first kappa shape index (κ1) is 22.6. The molecular formula is C24H13ClF6. The van der Waals surface area contributed by atoms with Gasteiger partial charge in [0.2, 0.25) is 0 Å². The average molecular weight is 451 g/mol. The molecule has 0 amide bonds. The Labute approximate surface area is 179 Å². The molecule has 3 aromatic rings. The van der Waals surface area contributed by atoms with Gasteiger partial charge in [-0.15, -0.1) is 0 Å². The van der Waals surface area contributed by atoms with Crippen LogP contribution < -0.4 is 0 Å². The standard InChI is InChI=1S/C24H13ClF6/c1-2-3-15-11-20(25)18(21(26)12-15)7-5-14-4-6-17-16(10-14)13-22(27)19(23(17)28)8-9-24(29,30)31/h4,6,10-13H,2-3H2,1H3. The predicted molar refractivity (Wildman–Crippen MR) is 108 cm³/mol. The summed E-state index contributed by atoms with van der Waals surface area (Å²) in [4.78, 5) is 0. The highest BCUT2D eigenvalue weighted by molar-refractivity contribution is 6.31. The van der Waals surface area contributed by atoms with Crippen molar-refractivity contribution in [3.63, 3.8) is 0 Å². The summed E-state index contributed by atoms with van der Waals surface area (Å²) in [6.07, 6.45) is -3.38. The second-order valence-corrected chi connectivity index (χ2v) is 7.07. The largest absolute Gasteiger partial charge is 0.458 e. The number of benzene rings is 3. The van der Waals surface area contributed by atoms with Crippen molar-refractivity contribution < 1.29 is 26.3 Å². The van der Waals surface area contributed by atoms with Crippen molar-refractivity contribution in [3.05, 3.63) is 81.1 Å². The summed E-state index contributed by atoms with van der Waals surface area (Å²) in [5.74, 6) is 4.65. The van der Waals surface area contributed by atoms with Crippen molar-refractivity contribution in [1.29, 1.82) is 0 Å². The van der Waals surface area contributed by atoms with Crippen LogP contribution in [0.5, 0.6) is 0 Å². The fourth-order valence-electron chi connectivity index (χ4n) is 2.97. The van der Waals surface area contributed by atoms with Gasteiger partial charge in [0, 0.05) is 16.9 Å². The lowest BCUT2D eigenvalue weighted by Crippen LogP contribution is -2.02. The number of alkyl halides is 3. The molecule has 0 saturated heterocycles. The predicted octanol–water partition coefficient (Wildman–Crippen LogP) is 7.18. The molecule has 0 saturated carbocycles. The SMILES string of the molecule is CCCc1cc(F)c(C#Cc2ccc3c(F)c(C#CC(F)(F)F)c(F)cc3c2)c(Cl)c1. The minimum atomic E-state index is -4.88. The number of aryl methyl sites for hydroxylation is 1. The first-order valence-corrected chi connectivity index (χ1v) is 9.48. The van der Waals surface area contributed by atoms with Crippen LogP contribution in [-0.2, 0) is 6.42 Å². The van der Waals surface area contributed by atoms with Crippen LogP contribution in [0, 0.1) is 41.1 Å². The molecule has 0 heterocycles. The van der Waals surface area contributed by atoms with Crippen LogP contribution in [0.2, 0.25) is 5.02 Å². The van der Waals surface area contributed by atoms with Crippen LogP contribution in [0.4, 0.5) is 26.3 Å². The number of rotatable bonds is 2. The van der Waals surface area contributed by atoms with Gasteiger partial charge in [0.05, 0.1) is 16.1 Å². The maximum Gasteiger partial charge on any atom is 0.458 e. The van der Waals surface area contributed by atoms with Crippen LogP contribution >= 0.6 is 11.6 Å². The summed E-state index contributed by atoms with van der Waals surface area (Å²) in [6.45, 7) is 1.96. The van der Waals surface area contributed by atoms with Gasteiger partial charge in [-0.05, 0) is 47.7 Å². The smallest absolute Gasteiger partial charge is 0.206 e. The molecule has 0 aromatic heterocycles. The van der Waals surface area contributed by atoms with E-state index in [2.05, 4.69) is 11.8 Å². The molecule has 0 spiro atoms. The van der Waals surface area contributed by atoms with Gasteiger partial charge in [-0.3, -0.25) is 0 Å². The molecule has 0 aliphatic heterocycles. The lowest BCUT2D eigenvalue weighted by atomic mass is 10.0. The molecule has 0 radical (unpaired) electrons. The maximum atomic E-state index is 14.5. The van der Waals surface area contributed by atoms with E-state index in [4.69, 9.17) is 11.6 Å². The van der Waals surface area contributed by atoms with Crippen LogP contribution in [0.3, 0.4) is 0 Å². The van der Waals surface area contributed by atoms with E-state index in [0.717, 1.165) is 24.0 Å². The molecule has 0 fully saturated rings. The zero-order chi connectivity index (χ0) is 22.8. The Balaban J connectivity index is 2.01. The number of halogens is 7. The first-order valence-electron chi connectivity index (χ1n) is 9.10. The van der Waals surface area contributed by atoms with Gasteiger partial charge < -0.3 is 0 Å². The number of fused-ring (bicyclic) bond motifs is 1. The quantitative estimate of drug-likeness (QED) is 0.286. The molecular weight excluding hydrogens is 438 g/mol. The van der Waals surface area contributed by atoms with Gasteiger partial charge in [0.1, 0.15) is 17.5 Å². The van der Waals surface area contributed by atoms with E-state index in [-0.39, 0.29) is 21.4 Å². The van der Waals surface area contributed by atoms with Gasteiger partial charge in [0.25, 0.3) is 0 Å². The van der Waals surface area contributed by atoms with Crippen molar-refractivity contribution in [1.82, 2.24) is 0 Å². The third-order valence-electron chi connectivity index (χ3n) is 4.33. The molecule has 0 atom stereocenters. The summed E-state index contributed by atoms with van der Waals surface area (Å²) < 4.78 is 79.7. The summed E-state index contributed by atoms with van der Waals surface area (Å²) in [5.41, 5.74) is 0.0894. The summed E-state index contributed by atoms with van der Waals surface area (Å²) in [5, 5.41) is 0.109. The monoisotopic (exact) mass is 450 g/mol. The molecule has 3 aromatic carbocycles. The van der Waals surface area contributed by atoms with Gasteiger partial charge in [-0.25, -0.2) is 13.2 Å². The van der Waals surface area contributed by atoms with E-state index in [1.807, 2.05) is 6.92 Å². The van der Waals surface area contributed by atoms with Gasteiger partial charge >= 0.3 is 6.18 Å². The minimum absolute atomic E-state index is 0.00301. The summed E-state index contributed by atoms with van der Waals surface area (Å²) in [7, 11) is 0. The zero-order valence-corrected chi connectivity index (χ0v) is 16.8. The third-order valence-corrected chi connectivity index (χ3v) is 4.63. The van der Waals surface area contributed by atoms with Crippen LogP contribution in [0.15, 0.2) is 36.4 Å². The van der Waals surface area contributed by atoms with Crippen molar-refractivity contribution in [2.75, 3.05) is 0 Å². The Kier molecular flexibility index (Phi) is 6.53. The highest BCUT2D eigenvalue weighted by Crippen LogP contribution is 2.26. The van der Waals surface area contributed by atoms with E-state index in [1.165, 1.54) is 30.2 Å². The Hall–Kier alpha value is -3.09. The normalized spacial score (nSPS) is 11.0. The van der Waals surface area contributed by atoms with Gasteiger partial charge in [-0.2, -0.15) is 13.2 Å².